The van der Waals surface area contributed by atoms with Crippen molar-refractivity contribution in [3.05, 3.63) is 77.7 Å². The molecule has 2 aliphatic rings. The summed E-state index contributed by atoms with van der Waals surface area (Å²) in [6.07, 6.45) is 6.53. The molecule has 5 rings (SSSR count). The van der Waals surface area contributed by atoms with E-state index in [0.717, 1.165) is 75.5 Å². The van der Waals surface area contributed by atoms with Crippen molar-refractivity contribution in [3.8, 4) is 22.8 Å². The fraction of sp³-hybridized carbons (Fsp3) is 0.455. The van der Waals surface area contributed by atoms with E-state index in [0.29, 0.717) is 17.8 Å². The lowest BCUT2D eigenvalue weighted by Gasteiger charge is -2.36. The summed E-state index contributed by atoms with van der Waals surface area (Å²) in [5.74, 6) is -0.355. The molecule has 1 aliphatic carbocycles. The molecule has 0 bridgehead atoms. The Hall–Kier alpha value is -3.04. The van der Waals surface area contributed by atoms with Crippen LogP contribution in [0.3, 0.4) is 0 Å². The van der Waals surface area contributed by atoms with Crippen LogP contribution in [0.4, 0.5) is 4.39 Å². The van der Waals surface area contributed by atoms with Gasteiger partial charge < -0.3 is 26.0 Å². The number of nitrogens with two attached hydrogens (primary N) is 1. The largest absolute Gasteiger partial charge is 0.438 e. The van der Waals surface area contributed by atoms with Crippen molar-refractivity contribution in [1.29, 1.82) is 0 Å². The zero-order valence-electron chi connectivity index (χ0n) is 24.5. The number of piperazine rings is 1. The van der Waals surface area contributed by atoms with E-state index in [-0.39, 0.29) is 41.8 Å². The lowest BCUT2D eigenvalue weighted by molar-refractivity contribution is 0.0922. The van der Waals surface area contributed by atoms with Gasteiger partial charge in [-0.1, -0.05) is 36.4 Å². The monoisotopic (exact) mass is 595 g/mol. The number of hydrogen-bond donors (Lipinski definition) is 3. The van der Waals surface area contributed by atoms with Gasteiger partial charge in [-0.2, -0.15) is 0 Å². The van der Waals surface area contributed by atoms with Crippen LogP contribution in [0.5, 0.6) is 11.6 Å². The van der Waals surface area contributed by atoms with E-state index in [4.69, 9.17) is 10.5 Å². The number of halogens is 2. The van der Waals surface area contributed by atoms with Crippen molar-refractivity contribution in [2.75, 3.05) is 19.6 Å². The molecule has 2 atom stereocenters. The second kappa shape index (κ2) is 14.9. The minimum atomic E-state index is -0.584. The summed E-state index contributed by atoms with van der Waals surface area (Å²) in [4.78, 5) is 19.7. The number of aromatic nitrogens is 1. The molecule has 1 aliphatic heterocycles. The van der Waals surface area contributed by atoms with Gasteiger partial charge in [0.25, 0.3) is 5.91 Å². The lowest BCUT2D eigenvalue weighted by Crippen LogP contribution is -2.54. The average molecular weight is 596 g/mol. The summed E-state index contributed by atoms with van der Waals surface area (Å²) in [5.41, 5.74) is 9.47. The SMILES string of the molecule is C[C@@H]1CN(CCCc2cccc(-c3cccc(Oc4ncc(F)cc4C(=O)N[C@H]4CC[C@H](N)CC4)c3)c2)C[C@H](C)N1.Cl. The molecule has 3 aromatic rings. The minimum absolute atomic E-state index is 0. The zero-order chi connectivity index (χ0) is 28.8. The van der Waals surface area contributed by atoms with E-state index in [1.165, 1.54) is 11.6 Å². The van der Waals surface area contributed by atoms with E-state index >= 15 is 0 Å². The number of aryl methyl sites for hydroxylation is 1. The number of carbonyl (C=O) groups excluding carboxylic acids is 1. The molecule has 0 unspecified atom stereocenters. The van der Waals surface area contributed by atoms with Gasteiger partial charge in [0.05, 0.1) is 6.20 Å². The summed E-state index contributed by atoms with van der Waals surface area (Å²) in [6, 6.07) is 18.7. The van der Waals surface area contributed by atoms with Crippen LogP contribution in [0.25, 0.3) is 11.1 Å². The molecule has 226 valence electrons. The predicted octanol–water partition coefficient (Wildman–Crippen LogP) is 5.72. The first-order chi connectivity index (χ1) is 19.8. The number of pyridine rings is 1. The third-order valence-electron chi connectivity index (χ3n) is 8.05. The fourth-order valence-corrected chi connectivity index (χ4v) is 6.08. The first kappa shape index (κ1) is 31.9. The Bertz CT molecular complexity index is 1320. The van der Waals surface area contributed by atoms with Crippen molar-refractivity contribution in [3.63, 3.8) is 0 Å². The lowest BCUT2D eigenvalue weighted by atomic mass is 9.91. The van der Waals surface area contributed by atoms with Crippen molar-refractivity contribution < 1.29 is 13.9 Å². The normalized spacial score (nSPS) is 22.7. The highest BCUT2D eigenvalue weighted by molar-refractivity contribution is 5.96. The molecule has 1 saturated heterocycles. The van der Waals surface area contributed by atoms with Crippen LogP contribution in [0.2, 0.25) is 0 Å². The smallest absolute Gasteiger partial charge is 0.257 e. The number of hydrogen-bond acceptors (Lipinski definition) is 6. The Labute approximate surface area is 254 Å². The van der Waals surface area contributed by atoms with Gasteiger partial charge >= 0.3 is 0 Å². The first-order valence-electron chi connectivity index (χ1n) is 14.9. The van der Waals surface area contributed by atoms with E-state index in [2.05, 4.69) is 58.6 Å². The number of rotatable bonds is 9. The van der Waals surface area contributed by atoms with Gasteiger partial charge in [0.1, 0.15) is 17.1 Å². The van der Waals surface area contributed by atoms with Gasteiger partial charge in [0.15, 0.2) is 0 Å². The highest BCUT2D eigenvalue weighted by atomic mass is 35.5. The van der Waals surface area contributed by atoms with Gasteiger partial charge in [-0.25, -0.2) is 9.37 Å². The quantitative estimate of drug-likeness (QED) is 0.293. The van der Waals surface area contributed by atoms with Crippen LogP contribution in [0, 0.1) is 5.82 Å². The molecule has 9 heteroatoms. The first-order valence-corrected chi connectivity index (χ1v) is 14.9. The highest BCUT2D eigenvalue weighted by Gasteiger charge is 2.24. The maximum absolute atomic E-state index is 14.1. The predicted molar refractivity (Wildman–Crippen MR) is 168 cm³/mol. The maximum atomic E-state index is 14.1. The van der Waals surface area contributed by atoms with Crippen LogP contribution in [-0.4, -0.2) is 59.6 Å². The zero-order valence-corrected chi connectivity index (χ0v) is 25.3. The Morgan fingerprint density at radius 1 is 1.05 bits per heavy atom. The molecular weight excluding hydrogens is 553 g/mol. The van der Waals surface area contributed by atoms with Gasteiger partial charge in [-0.3, -0.25) is 4.79 Å². The van der Waals surface area contributed by atoms with Crippen LogP contribution in [-0.2, 0) is 6.42 Å². The Kier molecular flexibility index (Phi) is 11.3. The molecular formula is C33H43ClFN5O2. The van der Waals surface area contributed by atoms with E-state index in [9.17, 15) is 9.18 Å². The van der Waals surface area contributed by atoms with Crippen molar-refractivity contribution in [1.82, 2.24) is 20.5 Å². The highest BCUT2D eigenvalue weighted by Crippen LogP contribution is 2.29. The number of carbonyl (C=O) groups is 1. The molecule has 2 fully saturated rings. The molecule has 4 N–H and O–H groups in total. The third-order valence-corrected chi connectivity index (χ3v) is 8.05. The molecule has 7 nitrogen and oxygen atoms in total. The van der Waals surface area contributed by atoms with Crippen molar-refractivity contribution in [2.24, 2.45) is 5.73 Å². The van der Waals surface area contributed by atoms with Crippen molar-refractivity contribution in [2.45, 2.75) is 76.5 Å². The maximum Gasteiger partial charge on any atom is 0.257 e. The van der Waals surface area contributed by atoms with Crippen molar-refractivity contribution >= 4 is 18.3 Å². The summed E-state index contributed by atoms with van der Waals surface area (Å²) in [5, 5.41) is 6.60. The number of amides is 1. The second-order valence-electron chi connectivity index (χ2n) is 11.8. The van der Waals surface area contributed by atoms with Crippen LogP contribution in [0.1, 0.15) is 61.9 Å². The van der Waals surface area contributed by atoms with Crippen LogP contribution in [0.15, 0.2) is 60.8 Å². The summed E-state index contributed by atoms with van der Waals surface area (Å²) >= 11 is 0. The van der Waals surface area contributed by atoms with E-state index in [1.54, 1.807) is 0 Å². The molecule has 0 radical (unpaired) electrons. The number of ether oxygens (including phenoxy) is 1. The minimum Gasteiger partial charge on any atom is -0.438 e. The molecule has 1 amide bonds. The third kappa shape index (κ3) is 8.74. The summed E-state index contributed by atoms with van der Waals surface area (Å²) < 4.78 is 20.2. The second-order valence-corrected chi connectivity index (χ2v) is 11.8. The molecule has 0 spiro atoms. The summed E-state index contributed by atoms with van der Waals surface area (Å²) in [7, 11) is 0. The van der Waals surface area contributed by atoms with E-state index < -0.39 is 5.82 Å². The van der Waals surface area contributed by atoms with Crippen LogP contribution < -0.4 is 21.1 Å². The van der Waals surface area contributed by atoms with Gasteiger partial charge in [0, 0.05) is 37.3 Å². The number of nitrogens with one attached hydrogen (secondary N) is 2. The molecule has 2 aromatic carbocycles. The van der Waals surface area contributed by atoms with Gasteiger partial charge in [0.2, 0.25) is 5.88 Å². The average Bonchev–Trinajstić information content (AvgIpc) is 2.95. The number of benzene rings is 2. The molecule has 42 heavy (non-hydrogen) atoms. The van der Waals surface area contributed by atoms with E-state index in [1.807, 2.05) is 24.3 Å². The molecule has 1 saturated carbocycles. The Balaban J connectivity index is 0.00000405. The Morgan fingerprint density at radius 3 is 2.48 bits per heavy atom. The fourth-order valence-electron chi connectivity index (χ4n) is 6.08. The van der Waals surface area contributed by atoms with Crippen LogP contribution >= 0.6 is 12.4 Å². The standard InChI is InChI=1S/C33H42FN5O2.ClH/c1-22-20-39(21-23(2)37-22)15-5-7-24-6-3-8-25(16-24)26-9-4-10-30(17-26)41-33-31(18-27(34)19-36-33)32(40)38-29-13-11-28(35)12-14-29;/h3-4,6,8-10,16-19,22-23,28-29,37H,5,7,11-15,20-21,35H2,1-2H3,(H,38,40);1H/t22-,23+,28-,29-;. The topological polar surface area (TPSA) is 92.5 Å². The molecule has 1 aromatic heterocycles. The number of nitrogens with zero attached hydrogens (tertiary/aromatic N) is 2. The molecule has 2 heterocycles. The summed E-state index contributed by atoms with van der Waals surface area (Å²) in [6.45, 7) is 7.79. The van der Waals surface area contributed by atoms with Gasteiger partial charge in [-0.05, 0) is 93.8 Å². The Morgan fingerprint density at radius 2 is 1.74 bits per heavy atom. The van der Waals surface area contributed by atoms with Gasteiger partial charge in [-0.15, -0.1) is 12.4 Å².